The second-order valence-electron chi connectivity index (χ2n) is 6.48. The van der Waals surface area contributed by atoms with Gasteiger partial charge in [-0.3, -0.25) is 9.59 Å². The van der Waals surface area contributed by atoms with Crippen molar-refractivity contribution >= 4 is 11.8 Å². The van der Waals surface area contributed by atoms with Crippen molar-refractivity contribution in [3.8, 4) is 6.07 Å². The summed E-state index contributed by atoms with van der Waals surface area (Å²) in [5.74, 6) is 0.161. The number of likely N-dealkylation sites (tertiary alicyclic amines) is 1. The van der Waals surface area contributed by atoms with Gasteiger partial charge in [-0.25, -0.2) is 0 Å². The normalized spacial score (nSPS) is 21.9. The number of nitriles is 1. The fourth-order valence-electron chi connectivity index (χ4n) is 3.83. The van der Waals surface area contributed by atoms with Crippen LogP contribution in [-0.4, -0.2) is 46.8 Å². The number of rotatable bonds is 2. The zero-order chi connectivity index (χ0) is 17.4. The summed E-state index contributed by atoms with van der Waals surface area (Å²) in [6.45, 7) is 1.02. The predicted octanol–water partition coefficient (Wildman–Crippen LogP) is 2.28. The Hall–Kier alpha value is -3.07. The predicted molar refractivity (Wildman–Crippen MR) is 88.7 cm³/mol. The molecule has 0 aliphatic carbocycles. The molecule has 6 nitrogen and oxygen atoms in total. The first-order chi connectivity index (χ1) is 12.2. The molecule has 25 heavy (non-hydrogen) atoms. The van der Waals surface area contributed by atoms with Crippen LogP contribution in [0.3, 0.4) is 0 Å². The molecule has 3 heterocycles. The standard InChI is InChI=1S/C19H17N3O3/c20-10-13-3-1-4-14(9-13)18(23)21-11-15-6-7-16(12-21)22(15)19(24)17-5-2-8-25-17/h1-5,8-9,15-16H,6-7,11-12H2/t15-,16+. The molecule has 2 aliphatic rings. The Balaban J connectivity index is 1.52. The van der Waals surface area contributed by atoms with Crippen LogP contribution in [0.1, 0.15) is 39.3 Å². The smallest absolute Gasteiger partial charge is 0.290 e. The van der Waals surface area contributed by atoms with E-state index in [1.54, 1.807) is 41.3 Å². The van der Waals surface area contributed by atoms with E-state index in [1.165, 1.54) is 6.26 Å². The molecule has 4 rings (SSSR count). The Morgan fingerprint density at radius 1 is 1.08 bits per heavy atom. The molecule has 126 valence electrons. The van der Waals surface area contributed by atoms with Crippen LogP contribution in [0.2, 0.25) is 0 Å². The largest absolute Gasteiger partial charge is 0.459 e. The van der Waals surface area contributed by atoms with Crippen LogP contribution < -0.4 is 0 Å². The summed E-state index contributed by atoms with van der Waals surface area (Å²) >= 11 is 0. The van der Waals surface area contributed by atoms with Crippen molar-refractivity contribution in [3.05, 3.63) is 59.5 Å². The number of carbonyl (C=O) groups is 2. The van der Waals surface area contributed by atoms with E-state index in [0.717, 1.165) is 12.8 Å². The Morgan fingerprint density at radius 3 is 2.48 bits per heavy atom. The van der Waals surface area contributed by atoms with Gasteiger partial charge >= 0.3 is 0 Å². The van der Waals surface area contributed by atoms with E-state index in [-0.39, 0.29) is 23.9 Å². The van der Waals surface area contributed by atoms with Crippen LogP contribution in [0.25, 0.3) is 0 Å². The lowest BCUT2D eigenvalue weighted by Crippen LogP contribution is -2.57. The fourth-order valence-corrected chi connectivity index (χ4v) is 3.83. The second-order valence-corrected chi connectivity index (χ2v) is 6.48. The van der Waals surface area contributed by atoms with Crippen LogP contribution in [0, 0.1) is 11.3 Å². The summed E-state index contributed by atoms with van der Waals surface area (Å²) in [6.07, 6.45) is 3.27. The van der Waals surface area contributed by atoms with E-state index in [9.17, 15) is 9.59 Å². The maximum absolute atomic E-state index is 12.8. The molecule has 2 atom stereocenters. The Bertz CT molecular complexity index is 839. The lowest BCUT2D eigenvalue weighted by molar-refractivity contribution is 0.0341. The second kappa shape index (κ2) is 6.10. The van der Waals surface area contributed by atoms with E-state index < -0.39 is 0 Å². The third kappa shape index (κ3) is 2.68. The van der Waals surface area contributed by atoms with Gasteiger partial charge in [-0.15, -0.1) is 0 Å². The molecular formula is C19H17N3O3. The molecule has 1 aromatic carbocycles. The van der Waals surface area contributed by atoms with Crippen LogP contribution in [0.5, 0.6) is 0 Å². The van der Waals surface area contributed by atoms with Crippen molar-refractivity contribution in [2.24, 2.45) is 0 Å². The molecule has 2 aromatic rings. The quantitative estimate of drug-likeness (QED) is 0.843. The molecule has 2 fully saturated rings. The van der Waals surface area contributed by atoms with Gasteiger partial charge in [0.05, 0.1) is 30.0 Å². The van der Waals surface area contributed by atoms with Crippen LogP contribution in [0.15, 0.2) is 47.1 Å². The molecule has 0 spiro atoms. The Labute approximate surface area is 145 Å². The summed E-state index contributed by atoms with van der Waals surface area (Å²) in [5.41, 5.74) is 0.990. The van der Waals surface area contributed by atoms with Crippen molar-refractivity contribution in [1.29, 1.82) is 5.26 Å². The first-order valence-corrected chi connectivity index (χ1v) is 8.33. The molecule has 2 amide bonds. The number of carbonyl (C=O) groups excluding carboxylic acids is 2. The summed E-state index contributed by atoms with van der Waals surface area (Å²) in [5, 5.41) is 9.01. The molecule has 1 aromatic heterocycles. The lowest BCUT2D eigenvalue weighted by atomic mass is 10.1. The van der Waals surface area contributed by atoms with Gasteiger partial charge in [0.15, 0.2) is 5.76 Å². The van der Waals surface area contributed by atoms with Gasteiger partial charge in [0.1, 0.15) is 0 Å². The number of nitrogens with zero attached hydrogens (tertiary/aromatic N) is 3. The number of hydrogen-bond donors (Lipinski definition) is 0. The highest BCUT2D eigenvalue weighted by atomic mass is 16.3. The molecule has 2 aliphatic heterocycles. The Morgan fingerprint density at radius 2 is 1.84 bits per heavy atom. The van der Waals surface area contributed by atoms with E-state index >= 15 is 0 Å². The van der Waals surface area contributed by atoms with E-state index in [0.29, 0.717) is 30.0 Å². The first-order valence-electron chi connectivity index (χ1n) is 8.33. The average Bonchev–Trinajstić information content (AvgIpc) is 3.27. The third-order valence-electron chi connectivity index (χ3n) is 4.97. The van der Waals surface area contributed by atoms with Crippen molar-refractivity contribution in [1.82, 2.24) is 9.80 Å². The minimum atomic E-state index is -0.101. The third-order valence-corrected chi connectivity index (χ3v) is 4.97. The molecule has 0 N–H and O–H groups in total. The van der Waals surface area contributed by atoms with Crippen LogP contribution in [-0.2, 0) is 0 Å². The number of furan rings is 1. The monoisotopic (exact) mass is 335 g/mol. The van der Waals surface area contributed by atoms with Crippen molar-refractivity contribution in [2.75, 3.05) is 13.1 Å². The van der Waals surface area contributed by atoms with Gasteiger partial charge < -0.3 is 14.2 Å². The fraction of sp³-hybridized carbons (Fsp3) is 0.316. The summed E-state index contributed by atoms with van der Waals surface area (Å²) < 4.78 is 5.24. The van der Waals surface area contributed by atoms with Crippen LogP contribution >= 0.6 is 0 Å². The minimum Gasteiger partial charge on any atom is -0.459 e. The molecule has 2 saturated heterocycles. The summed E-state index contributed by atoms with van der Waals surface area (Å²) in [7, 11) is 0. The topological polar surface area (TPSA) is 77.5 Å². The maximum Gasteiger partial charge on any atom is 0.290 e. The van der Waals surface area contributed by atoms with Crippen molar-refractivity contribution in [2.45, 2.75) is 24.9 Å². The highest BCUT2D eigenvalue weighted by molar-refractivity contribution is 5.95. The number of hydrogen-bond acceptors (Lipinski definition) is 4. The van der Waals surface area contributed by atoms with Crippen molar-refractivity contribution in [3.63, 3.8) is 0 Å². The first kappa shape index (κ1) is 15.5. The van der Waals surface area contributed by atoms with Gasteiger partial charge in [-0.05, 0) is 43.2 Å². The maximum atomic E-state index is 12.8. The highest BCUT2D eigenvalue weighted by Gasteiger charge is 2.44. The van der Waals surface area contributed by atoms with E-state index in [2.05, 4.69) is 6.07 Å². The van der Waals surface area contributed by atoms with Gasteiger partial charge in [0.25, 0.3) is 11.8 Å². The van der Waals surface area contributed by atoms with E-state index in [1.807, 2.05) is 4.90 Å². The number of benzene rings is 1. The summed E-state index contributed by atoms with van der Waals surface area (Å²) in [4.78, 5) is 29.1. The zero-order valence-corrected chi connectivity index (χ0v) is 13.6. The molecule has 6 heteroatoms. The molecule has 0 radical (unpaired) electrons. The number of amides is 2. The average molecular weight is 335 g/mol. The Kier molecular flexibility index (Phi) is 3.77. The van der Waals surface area contributed by atoms with Gasteiger partial charge in [-0.1, -0.05) is 6.07 Å². The highest BCUT2D eigenvalue weighted by Crippen LogP contribution is 2.32. The van der Waals surface area contributed by atoms with Crippen molar-refractivity contribution < 1.29 is 14.0 Å². The van der Waals surface area contributed by atoms with Gasteiger partial charge in [0, 0.05) is 18.7 Å². The van der Waals surface area contributed by atoms with Gasteiger partial charge in [0.2, 0.25) is 0 Å². The molecule has 2 bridgehead atoms. The number of fused-ring (bicyclic) bond motifs is 2. The zero-order valence-electron chi connectivity index (χ0n) is 13.6. The molecular weight excluding hydrogens is 318 g/mol. The van der Waals surface area contributed by atoms with E-state index in [4.69, 9.17) is 9.68 Å². The SMILES string of the molecule is N#Cc1cccc(C(=O)N2C[C@H]3CC[C@@H](C2)N3C(=O)c2ccco2)c1. The molecule has 0 unspecified atom stereocenters. The van der Waals surface area contributed by atoms with Crippen LogP contribution in [0.4, 0.5) is 0 Å². The lowest BCUT2D eigenvalue weighted by Gasteiger charge is -2.40. The summed E-state index contributed by atoms with van der Waals surface area (Å²) in [6, 6.07) is 12.2. The number of piperazine rings is 1. The minimum absolute atomic E-state index is 0.0134. The van der Waals surface area contributed by atoms with Gasteiger partial charge in [-0.2, -0.15) is 5.26 Å². The molecule has 0 saturated carbocycles.